The molecule has 4 heteroatoms. The second-order valence-electron chi connectivity index (χ2n) is 7.72. The van der Waals surface area contributed by atoms with Crippen molar-refractivity contribution in [3.8, 4) is 0 Å². The number of hydrogen-bond donors (Lipinski definition) is 2. The average molecular weight is 294 g/mol. The van der Waals surface area contributed by atoms with Gasteiger partial charge in [0.1, 0.15) is 0 Å². The van der Waals surface area contributed by atoms with Crippen molar-refractivity contribution in [2.24, 2.45) is 23.7 Å². The summed E-state index contributed by atoms with van der Waals surface area (Å²) in [7, 11) is 0. The molecule has 0 bridgehead atoms. The Hall–Kier alpha value is -0.160. The summed E-state index contributed by atoms with van der Waals surface area (Å²) in [5.74, 6) is 3.42. The lowest BCUT2D eigenvalue weighted by Gasteiger charge is -2.43. The van der Waals surface area contributed by atoms with E-state index in [1.54, 1.807) is 0 Å². The zero-order valence-corrected chi connectivity index (χ0v) is 13.1. The molecule has 0 aromatic heterocycles. The summed E-state index contributed by atoms with van der Waals surface area (Å²) in [5.41, 5.74) is 0. The lowest BCUT2D eigenvalue weighted by Crippen LogP contribution is -2.46. The highest BCUT2D eigenvalue weighted by atomic mass is 16.5. The number of hydrogen-bond acceptors (Lipinski definition) is 4. The van der Waals surface area contributed by atoms with Gasteiger partial charge in [-0.15, -0.1) is 0 Å². The third kappa shape index (κ3) is 3.29. The van der Waals surface area contributed by atoms with Crippen molar-refractivity contribution in [3.63, 3.8) is 0 Å². The second kappa shape index (κ2) is 6.53. The predicted molar refractivity (Wildman–Crippen MR) is 81.8 cm³/mol. The molecule has 0 spiro atoms. The number of fused-ring (bicyclic) bond motifs is 2. The van der Waals surface area contributed by atoms with Gasteiger partial charge in [-0.25, -0.2) is 0 Å². The van der Waals surface area contributed by atoms with Gasteiger partial charge in [0.15, 0.2) is 0 Å². The van der Waals surface area contributed by atoms with Gasteiger partial charge in [0.25, 0.3) is 0 Å². The lowest BCUT2D eigenvalue weighted by atomic mass is 9.70. The van der Waals surface area contributed by atoms with Crippen molar-refractivity contribution in [3.05, 3.63) is 0 Å². The van der Waals surface area contributed by atoms with E-state index in [1.807, 2.05) is 0 Å². The molecule has 4 rings (SSSR count). The molecule has 2 N–H and O–H groups in total. The number of nitrogens with one attached hydrogen (secondary N) is 2. The van der Waals surface area contributed by atoms with Gasteiger partial charge in [-0.2, -0.15) is 0 Å². The Morgan fingerprint density at radius 3 is 1.76 bits per heavy atom. The van der Waals surface area contributed by atoms with Crippen LogP contribution in [-0.4, -0.2) is 38.8 Å². The largest absolute Gasteiger partial charge is 0.363 e. The van der Waals surface area contributed by atoms with Crippen LogP contribution >= 0.6 is 0 Å². The van der Waals surface area contributed by atoms with Gasteiger partial charge >= 0.3 is 0 Å². The smallest absolute Gasteiger partial charge is 0.0969 e. The molecule has 2 heterocycles. The molecule has 4 nitrogen and oxygen atoms in total. The molecule has 0 amide bonds. The van der Waals surface area contributed by atoms with E-state index in [4.69, 9.17) is 9.47 Å². The first-order chi connectivity index (χ1) is 10.4. The monoisotopic (exact) mass is 294 g/mol. The molecule has 4 aliphatic rings. The number of rotatable bonds is 2. The maximum atomic E-state index is 5.85. The molecule has 4 fully saturated rings. The van der Waals surface area contributed by atoms with E-state index in [2.05, 4.69) is 10.6 Å². The van der Waals surface area contributed by atoms with E-state index < -0.39 is 0 Å². The van der Waals surface area contributed by atoms with E-state index in [1.165, 1.54) is 58.0 Å². The Balaban J connectivity index is 1.28. The third-order valence-electron chi connectivity index (χ3n) is 6.32. The predicted octanol–water partition coefficient (Wildman–Crippen LogP) is 2.10. The Bertz CT molecular complexity index is 320. The fraction of sp³-hybridized carbons (Fsp3) is 1.00. The molecule has 5 unspecified atom stereocenters. The van der Waals surface area contributed by atoms with Gasteiger partial charge in [0, 0.05) is 13.1 Å². The molecule has 2 aliphatic heterocycles. The highest BCUT2D eigenvalue weighted by Gasteiger charge is 2.37. The van der Waals surface area contributed by atoms with E-state index in [9.17, 15) is 0 Å². The summed E-state index contributed by atoms with van der Waals surface area (Å²) in [6.07, 6.45) is 10.7. The van der Waals surface area contributed by atoms with Crippen LogP contribution in [0.4, 0.5) is 0 Å². The highest BCUT2D eigenvalue weighted by molar-refractivity contribution is 4.88. The third-order valence-corrected chi connectivity index (χ3v) is 6.32. The molecule has 0 aromatic rings. The summed E-state index contributed by atoms with van der Waals surface area (Å²) in [6, 6.07) is 0. The second-order valence-corrected chi connectivity index (χ2v) is 7.72. The lowest BCUT2D eigenvalue weighted by molar-refractivity contribution is -0.0744. The van der Waals surface area contributed by atoms with E-state index >= 15 is 0 Å². The summed E-state index contributed by atoms with van der Waals surface area (Å²) in [4.78, 5) is 0. The van der Waals surface area contributed by atoms with Crippen molar-refractivity contribution in [2.75, 3.05) is 26.6 Å². The van der Waals surface area contributed by atoms with Crippen LogP contribution in [0.15, 0.2) is 0 Å². The van der Waals surface area contributed by atoms with Crippen molar-refractivity contribution in [1.29, 1.82) is 0 Å². The normalized spacial score (nSPS) is 47.4. The fourth-order valence-corrected chi connectivity index (χ4v) is 5.26. The van der Waals surface area contributed by atoms with E-state index in [0.717, 1.165) is 37.1 Å². The molecule has 0 aromatic carbocycles. The van der Waals surface area contributed by atoms with Gasteiger partial charge in [-0.3, -0.25) is 10.6 Å². The summed E-state index contributed by atoms with van der Waals surface area (Å²) >= 11 is 0. The van der Waals surface area contributed by atoms with Crippen LogP contribution in [0.5, 0.6) is 0 Å². The fourth-order valence-electron chi connectivity index (χ4n) is 5.26. The SMILES string of the molecule is C1NCC2CC(CC3CC[C@H]4OCNCC4C3)CCC2O1. The van der Waals surface area contributed by atoms with Crippen LogP contribution in [0, 0.1) is 23.7 Å². The molecule has 21 heavy (non-hydrogen) atoms. The van der Waals surface area contributed by atoms with E-state index in [0.29, 0.717) is 12.2 Å². The molecular formula is C17H30N2O2. The molecule has 2 saturated carbocycles. The summed E-state index contributed by atoms with van der Waals surface area (Å²) < 4.78 is 11.7. The number of ether oxygens (including phenoxy) is 2. The van der Waals surface area contributed by atoms with Crippen LogP contribution in [0.2, 0.25) is 0 Å². The van der Waals surface area contributed by atoms with Crippen LogP contribution < -0.4 is 10.6 Å². The van der Waals surface area contributed by atoms with Crippen LogP contribution in [-0.2, 0) is 9.47 Å². The van der Waals surface area contributed by atoms with Gasteiger partial charge in [0.2, 0.25) is 0 Å². The standard InChI is InChI=1S/C17H30N2O2/c1-3-16-14(8-18-10-20-16)6-12(1)5-13-2-4-17-15(7-13)9-19-11-21-17/h12-19H,1-11H2/t12?,13?,14?,15?,16-,17?/m1/s1. The van der Waals surface area contributed by atoms with Crippen LogP contribution in [0.25, 0.3) is 0 Å². The van der Waals surface area contributed by atoms with Gasteiger partial charge in [-0.1, -0.05) is 0 Å². The zero-order valence-electron chi connectivity index (χ0n) is 13.1. The minimum Gasteiger partial charge on any atom is -0.363 e. The quantitative estimate of drug-likeness (QED) is 0.818. The van der Waals surface area contributed by atoms with Crippen molar-refractivity contribution in [2.45, 2.75) is 57.2 Å². The van der Waals surface area contributed by atoms with Gasteiger partial charge in [-0.05, 0) is 68.6 Å². The van der Waals surface area contributed by atoms with Gasteiger partial charge in [0.05, 0.1) is 25.7 Å². The Morgan fingerprint density at radius 1 is 0.714 bits per heavy atom. The molecule has 2 aliphatic carbocycles. The topological polar surface area (TPSA) is 42.5 Å². The Labute approximate surface area is 128 Å². The maximum absolute atomic E-state index is 5.85. The minimum absolute atomic E-state index is 0.550. The minimum atomic E-state index is 0.550. The summed E-state index contributed by atoms with van der Waals surface area (Å²) in [5, 5.41) is 6.80. The van der Waals surface area contributed by atoms with Crippen molar-refractivity contribution in [1.82, 2.24) is 10.6 Å². The van der Waals surface area contributed by atoms with E-state index in [-0.39, 0.29) is 0 Å². The molecule has 120 valence electrons. The molecule has 0 radical (unpaired) electrons. The first-order valence-electron chi connectivity index (χ1n) is 9.03. The zero-order chi connectivity index (χ0) is 14.1. The molecule has 6 atom stereocenters. The first-order valence-corrected chi connectivity index (χ1v) is 9.03. The first kappa shape index (κ1) is 14.4. The highest BCUT2D eigenvalue weighted by Crippen LogP contribution is 2.41. The van der Waals surface area contributed by atoms with Crippen molar-refractivity contribution < 1.29 is 9.47 Å². The van der Waals surface area contributed by atoms with Crippen LogP contribution in [0.3, 0.4) is 0 Å². The Morgan fingerprint density at radius 2 is 1.24 bits per heavy atom. The van der Waals surface area contributed by atoms with Crippen LogP contribution in [0.1, 0.15) is 44.9 Å². The van der Waals surface area contributed by atoms with Gasteiger partial charge < -0.3 is 9.47 Å². The van der Waals surface area contributed by atoms with Crippen molar-refractivity contribution >= 4 is 0 Å². The average Bonchev–Trinajstić information content (AvgIpc) is 2.55. The summed E-state index contributed by atoms with van der Waals surface area (Å²) in [6.45, 7) is 3.89. The molecule has 2 saturated heterocycles. The Kier molecular flexibility index (Phi) is 4.49. The molecular weight excluding hydrogens is 264 g/mol. The maximum Gasteiger partial charge on any atom is 0.0969 e.